The van der Waals surface area contributed by atoms with Crippen molar-refractivity contribution in [3.05, 3.63) is 83.9 Å². The van der Waals surface area contributed by atoms with Gasteiger partial charge in [0.1, 0.15) is 11.5 Å². The minimum absolute atomic E-state index is 0.00439. The third kappa shape index (κ3) is 5.22. The highest BCUT2D eigenvalue weighted by Gasteiger charge is 2.36. The summed E-state index contributed by atoms with van der Waals surface area (Å²) in [5.74, 6) is 3.18. The summed E-state index contributed by atoms with van der Waals surface area (Å²) in [5.41, 5.74) is 3.22. The Morgan fingerprint density at radius 1 is 0.853 bits per heavy atom. The lowest BCUT2D eigenvalue weighted by Gasteiger charge is -2.26. The maximum atomic E-state index is 5.63. The van der Waals surface area contributed by atoms with E-state index in [0.29, 0.717) is 19.1 Å². The molecule has 1 aliphatic heterocycles. The number of allylic oxidation sites excluding steroid dienone is 1. The van der Waals surface area contributed by atoms with Gasteiger partial charge < -0.3 is 14.2 Å². The number of rotatable bonds is 9. The zero-order chi connectivity index (χ0) is 23.9. The van der Waals surface area contributed by atoms with Crippen molar-refractivity contribution in [1.29, 1.82) is 0 Å². The number of hydrogen-bond donors (Lipinski definition) is 0. The lowest BCUT2D eigenvalue weighted by molar-refractivity contribution is 0.340. The highest BCUT2D eigenvalue weighted by molar-refractivity contribution is 6.02. The van der Waals surface area contributed by atoms with Crippen LogP contribution in [0.15, 0.2) is 77.9 Å². The van der Waals surface area contributed by atoms with E-state index in [1.807, 2.05) is 73.5 Å². The van der Waals surface area contributed by atoms with Gasteiger partial charge in [0.05, 0.1) is 32.1 Å². The number of pyridine rings is 1. The summed E-state index contributed by atoms with van der Waals surface area (Å²) in [6.45, 7) is 7.47. The van der Waals surface area contributed by atoms with E-state index in [1.165, 1.54) is 0 Å². The second-order valence-corrected chi connectivity index (χ2v) is 7.98. The van der Waals surface area contributed by atoms with E-state index < -0.39 is 0 Å². The fourth-order valence-electron chi connectivity index (χ4n) is 4.06. The summed E-state index contributed by atoms with van der Waals surface area (Å²) in [6.07, 6.45) is 4.17. The van der Waals surface area contributed by atoms with E-state index in [-0.39, 0.29) is 12.0 Å². The predicted molar refractivity (Wildman–Crippen MR) is 137 cm³/mol. The lowest BCUT2D eigenvalue weighted by atomic mass is 9.91. The fourth-order valence-corrected chi connectivity index (χ4v) is 4.06. The minimum atomic E-state index is -0.00439. The van der Waals surface area contributed by atoms with E-state index in [1.54, 1.807) is 7.11 Å². The summed E-state index contributed by atoms with van der Waals surface area (Å²) in [6, 6.07) is 22.0. The zero-order valence-corrected chi connectivity index (χ0v) is 20.1. The first-order chi connectivity index (χ1) is 16.6. The molecular weight excluding hydrogens is 426 g/mol. The third-order valence-corrected chi connectivity index (χ3v) is 5.75. The van der Waals surface area contributed by atoms with Crippen LogP contribution < -0.4 is 19.2 Å². The van der Waals surface area contributed by atoms with Gasteiger partial charge in [-0.1, -0.05) is 43.3 Å². The maximum absolute atomic E-state index is 5.63. The molecule has 0 saturated carbocycles. The van der Waals surface area contributed by atoms with Gasteiger partial charge in [0.15, 0.2) is 5.82 Å². The molecule has 0 amide bonds. The second-order valence-electron chi connectivity index (χ2n) is 7.98. The Kier molecular flexibility index (Phi) is 7.48. The molecule has 3 aromatic rings. The van der Waals surface area contributed by atoms with Gasteiger partial charge in [-0.25, -0.2) is 5.01 Å². The van der Waals surface area contributed by atoms with Crippen molar-refractivity contribution in [2.45, 2.75) is 26.8 Å². The van der Waals surface area contributed by atoms with E-state index in [9.17, 15) is 0 Å². The van der Waals surface area contributed by atoms with Crippen molar-refractivity contribution in [3.8, 4) is 17.4 Å². The summed E-state index contributed by atoms with van der Waals surface area (Å²) < 4.78 is 16.5. The third-order valence-electron chi connectivity index (χ3n) is 5.75. The number of aromatic nitrogens is 1. The molecule has 0 bridgehead atoms. The number of hydrazone groups is 1. The molecule has 1 aliphatic rings. The molecule has 4 rings (SSSR count). The molecule has 2 atom stereocenters. The Bertz CT molecular complexity index is 1140. The van der Waals surface area contributed by atoms with Gasteiger partial charge in [-0.15, -0.1) is 0 Å². The summed E-state index contributed by atoms with van der Waals surface area (Å²) in [4.78, 5) is 4.64. The summed E-state index contributed by atoms with van der Waals surface area (Å²) in [5, 5.41) is 6.97. The highest BCUT2D eigenvalue weighted by atomic mass is 16.5. The molecule has 0 fully saturated rings. The number of anilines is 1. The molecule has 0 spiro atoms. The molecule has 0 saturated heterocycles. The van der Waals surface area contributed by atoms with Gasteiger partial charge in [-0.2, -0.15) is 10.1 Å². The van der Waals surface area contributed by atoms with Crippen LogP contribution in [0.25, 0.3) is 6.08 Å². The highest BCUT2D eigenvalue weighted by Crippen LogP contribution is 2.39. The van der Waals surface area contributed by atoms with Gasteiger partial charge in [0.25, 0.3) is 0 Å². The van der Waals surface area contributed by atoms with E-state index in [0.717, 1.165) is 34.2 Å². The lowest BCUT2D eigenvalue weighted by Crippen LogP contribution is -2.24. The van der Waals surface area contributed by atoms with Gasteiger partial charge in [0, 0.05) is 12.0 Å². The number of nitrogens with zero attached hydrogens (tertiary/aromatic N) is 3. The van der Waals surface area contributed by atoms with Crippen molar-refractivity contribution in [2.24, 2.45) is 11.0 Å². The van der Waals surface area contributed by atoms with Crippen molar-refractivity contribution < 1.29 is 14.2 Å². The van der Waals surface area contributed by atoms with Gasteiger partial charge >= 0.3 is 0 Å². The summed E-state index contributed by atoms with van der Waals surface area (Å²) >= 11 is 0. The smallest absolute Gasteiger partial charge is 0.214 e. The first-order valence-corrected chi connectivity index (χ1v) is 11.7. The quantitative estimate of drug-likeness (QED) is 0.385. The van der Waals surface area contributed by atoms with E-state index >= 15 is 0 Å². The molecule has 0 N–H and O–H groups in total. The Labute approximate surface area is 201 Å². The first kappa shape index (κ1) is 23.4. The number of methoxy groups -OCH3 is 1. The molecule has 2 heterocycles. The molecule has 2 aromatic carbocycles. The molecule has 6 heteroatoms. The molecule has 176 valence electrons. The van der Waals surface area contributed by atoms with E-state index in [2.05, 4.69) is 36.2 Å². The molecule has 2 unspecified atom stereocenters. The first-order valence-electron chi connectivity index (χ1n) is 11.7. The average Bonchev–Trinajstić information content (AvgIpc) is 3.20. The van der Waals surface area contributed by atoms with Gasteiger partial charge in [0.2, 0.25) is 5.88 Å². The van der Waals surface area contributed by atoms with Crippen molar-refractivity contribution in [1.82, 2.24) is 4.98 Å². The number of hydrogen-bond acceptors (Lipinski definition) is 6. The Hall–Kier alpha value is -3.80. The van der Waals surface area contributed by atoms with Crippen LogP contribution in [0.2, 0.25) is 0 Å². The zero-order valence-electron chi connectivity index (χ0n) is 20.1. The van der Waals surface area contributed by atoms with Crippen LogP contribution in [0.1, 0.15) is 37.9 Å². The normalized spacial score (nSPS) is 17.6. The van der Waals surface area contributed by atoms with Gasteiger partial charge in [-0.3, -0.25) is 0 Å². The number of benzene rings is 2. The Morgan fingerprint density at radius 2 is 1.50 bits per heavy atom. The largest absolute Gasteiger partial charge is 0.494 e. The van der Waals surface area contributed by atoms with Gasteiger partial charge in [-0.05, 0) is 61.4 Å². The molecule has 6 nitrogen and oxygen atoms in total. The van der Waals surface area contributed by atoms with Crippen LogP contribution in [0, 0.1) is 5.92 Å². The van der Waals surface area contributed by atoms with Crippen molar-refractivity contribution in [3.63, 3.8) is 0 Å². The van der Waals surface area contributed by atoms with Crippen LogP contribution in [0.3, 0.4) is 0 Å². The maximum Gasteiger partial charge on any atom is 0.214 e. The molecular formula is C28H31N3O3. The van der Waals surface area contributed by atoms with Crippen LogP contribution >= 0.6 is 0 Å². The SMILES string of the molecule is CCOc1ccc(C=CC2=NN(c3cccc(OC)n3)C(c3ccc(OCC)cc3)C2C)cc1. The molecule has 34 heavy (non-hydrogen) atoms. The Morgan fingerprint density at radius 3 is 2.12 bits per heavy atom. The Balaban J connectivity index is 1.65. The van der Waals surface area contributed by atoms with Crippen LogP contribution in [0.4, 0.5) is 5.82 Å². The molecule has 0 aliphatic carbocycles. The second kappa shape index (κ2) is 10.9. The van der Waals surface area contributed by atoms with E-state index in [4.69, 9.17) is 19.3 Å². The van der Waals surface area contributed by atoms with Crippen molar-refractivity contribution in [2.75, 3.05) is 25.3 Å². The monoisotopic (exact) mass is 457 g/mol. The van der Waals surface area contributed by atoms with Crippen LogP contribution in [0.5, 0.6) is 17.4 Å². The van der Waals surface area contributed by atoms with Crippen LogP contribution in [-0.4, -0.2) is 31.0 Å². The predicted octanol–water partition coefficient (Wildman–Crippen LogP) is 6.15. The number of ether oxygens (including phenoxy) is 3. The molecule has 1 aromatic heterocycles. The molecule has 0 radical (unpaired) electrons. The minimum Gasteiger partial charge on any atom is -0.494 e. The van der Waals surface area contributed by atoms with Crippen LogP contribution in [-0.2, 0) is 0 Å². The summed E-state index contributed by atoms with van der Waals surface area (Å²) in [7, 11) is 1.62. The standard InChI is InChI=1S/C28H31N3O3/c1-5-33-23-15-10-21(11-16-23)12-19-25-20(3)28(22-13-17-24(18-14-22)34-6-2)31(30-25)26-8-7-9-27(29-26)32-4/h7-20,28H,5-6H2,1-4H3. The van der Waals surface area contributed by atoms with Crippen molar-refractivity contribution >= 4 is 17.6 Å². The average molecular weight is 458 g/mol. The fraction of sp³-hybridized carbons (Fsp3) is 0.286. The topological polar surface area (TPSA) is 56.2 Å².